The van der Waals surface area contributed by atoms with Crippen LogP contribution in [0.1, 0.15) is 52.7 Å². The second kappa shape index (κ2) is 8.29. The Morgan fingerprint density at radius 2 is 1.96 bits per heavy atom. The van der Waals surface area contributed by atoms with Gasteiger partial charge in [-0.1, -0.05) is 6.92 Å². The van der Waals surface area contributed by atoms with E-state index in [1.807, 2.05) is 32.5 Å². The molecule has 0 saturated heterocycles. The number of ether oxygens (including phenoxy) is 1. The minimum absolute atomic E-state index is 0.148. The first-order valence-electron chi connectivity index (χ1n) is 9.17. The van der Waals surface area contributed by atoms with Gasteiger partial charge < -0.3 is 14.5 Å². The Morgan fingerprint density at radius 1 is 1.25 bits per heavy atom. The molecule has 1 atom stereocenters. The quantitative estimate of drug-likeness (QED) is 0.661. The number of nitrogens with zero attached hydrogens (tertiary/aromatic N) is 2. The predicted molar refractivity (Wildman–Crippen MR) is 103 cm³/mol. The predicted octanol–water partition coefficient (Wildman–Crippen LogP) is 4.23. The van der Waals surface area contributed by atoms with E-state index in [9.17, 15) is 9.18 Å². The molecule has 0 spiro atoms. The lowest BCUT2D eigenvalue weighted by Gasteiger charge is -2.17. The van der Waals surface area contributed by atoms with Gasteiger partial charge in [0.2, 0.25) is 0 Å². The van der Waals surface area contributed by atoms with Gasteiger partial charge in [-0.2, -0.15) is 5.10 Å². The third-order valence-electron chi connectivity index (χ3n) is 4.71. The first-order chi connectivity index (χ1) is 13.4. The van der Waals surface area contributed by atoms with Crippen molar-refractivity contribution in [2.45, 2.75) is 39.8 Å². The summed E-state index contributed by atoms with van der Waals surface area (Å²) in [6, 6.07) is 8.89. The molecule has 0 fully saturated rings. The number of aromatic nitrogens is 2. The van der Waals surface area contributed by atoms with E-state index in [0.717, 1.165) is 23.4 Å². The third kappa shape index (κ3) is 4.24. The van der Waals surface area contributed by atoms with Gasteiger partial charge in [0.1, 0.15) is 23.9 Å². The minimum Gasteiger partial charge on any atom is -0.486 e. The highest BCUT2D eigenvalue weighted by Crippen LogP contribution is 2.24. The van der Waals surface area contributed by atoms with E-state index in [4.69, 9.17) is 9.15 Å². The summed E-state index contributed by atoms with van der Waals surface area (Å²) in [5.41, 5.74) is 2.96. The van der Waals surface area contributed by atoms with Crippen LogP contribution < -0.4 is 10.1 Å². The molecule has 3 aromatic rings. The fourth-order valence-corrected chi connectivity index (χ4v) is 3.16. The molecule has 1 amide bonds. The molecule has 0 bridgehead atoms. The molecule has 2 aromatic heterocycles. The molecule has 3 rings (SSSR count). The number of nitrogens with one attached hydrogen (secondary N) is 1. The van der Waals surface area contributed by atoms with Gasteiger partial charge in [-0.05, 0) is 56.7 Å². The number of carbonyl (C=O) groups is 1. The lowest BCUT2D eigenvalue weighted by Crippen LogP contribution is -2.28. The summed E-state index contributed by atoms with van der Waals surface area (Å²) in [6.07, 6.45) is 0.736. The molecule has 1 unspecified atom stereocenters. The molecule has 1 N–H and O–H groups in total. The lowest BCUT2D eigenvalue weighted by molar-refractivity contribution is 0.0903. The summed E-state index contributed by atoms with van der Waals surface area (Å²) in [5, 5.41) is 7.44. The van der Waals surface area contributed by atoms with Crippen molar-refractivity contribution in [2.75, 3.05) is 0 Å². The van der Waals surface area contributed by atoms with E-state index < -0.39 is 0 Å². The largest absolute Gasteiger partial charge is 0.486 e. The van der Waals surface area contributed by atoms with Crippen molar-refractivity contribution in [2.24, 2.45) is 7.05 Å². The van der Waals surface area contributed by atoms with Crippen LogP contribution in [0.15, 0.2) is 40.8 Å². The summed E-state index contributed by atoms with van der Waals surface area (Å²) < 4.78 is 25.9. The van der Waals surface area contributed by atoms with Gasteiger partial charge in [-0.25, -0.2) is 4.39 Å². The monoisotopic (exact) mass is 385 g/mol. The van der Waals surface area contributed by atoms with Crippen molar-refractivity contribution in [3.05, 3.63) is 70.7 Å². The van der Waals surface area contributed by atoms with Crippen LogP contribution in [0.2, 0.25) is 0 Å². The molecule has 148 valence electrons. The SMILES string of the molecule is CCC(NC(=O)c1ccc(COc2ccc(F)cc2)o1)c1c(C)nn(C)c1C. The number of furan rings is 1. The highest BCUT2D eigenvalue weighted by molar-refractivity contribution is 5.91. The molecular weight excluding hydrogens is 361 g/mol. The fraction of sp³-hybridized carbons (Fsp3) is 0.333. The summed E-state index contributed by atoms with van der Waals surface area (Å²) in [7, 11) is 1.89. The number of rotatable bonds is 7. The van der Waals surface area contributed by atoms with Crippen LogP contribution in [0, 0.1) is 19.7 Å². The third-order valence-corrected chi connectivity index (χ3v) is 4.71. The number of hydrogen-bond donors (Lipinski definition) is 1. The van der Waals surface area contributed by atoms with E-state index in [0.29, 0.717) is 11.5 Å². The second-order valence-corrected chi connectivity index (χ2v) is 6.65. The molecule has 28 heavy (non-hydrogen) atoms. The Bertz CT molecular complexity index is 960. The normalized spacial score (nSPS) is 12.0. The zero-order chi connectivity index (χ0) is 20.3. The average molecular weight is 385 g/mol. The van der Waals surface area contributed by atoms with E-state index in [1.54, 1.807) is 12.1 Å². The fourth-order valence-electron chi connectivity index (χ4n) is 3.16. The Balaban J connectivity index is 1.65. The first kappa shape index (κ1) is 19.7. The summed E-state index contributed by atoms with van der Waals surface area (Å²) >= 11 is 0. The van der Waals surface area contributed by atoms with Crippen LogP contribution in [0.25, 0.3) is 0 Å². The summed E-state index contributed by atoms with van der Waals surface area (Å²) in [4.78, 5) is 12.6. The summed E-state index contributed by atoms with van der Waals surface area (Å²) in [6.45, 7) is 6.09. The highest BCUT2D eigenvalue weighted by atomic mass is 19.1. The first-order valence-corrected chi connectivity index (χ1v) is 9.17. The number of benzene rings is 1. The molecule has 0 radical (unpaired) electrons. The van der Waals surface area contributed by atoms with Gasteiger partial charge in [-0.3, -0.25) is 9.48 Å². The van der Waals surface area contributed by atoms with Crippen LogP contribution in [0.4, 0.5) is 4.39 Å². The van der Waals surface area contributed by atoms with Crippen molar-refractivity contribution in [3.63, 3.8) is 0 Å². The van der Waals surface area contributed by atoms with Gasteiger partial charge in [0.25, 0.3) is 5.91 Å². The molecular formula is C21H24FN3O3. The Kier molecular flexibility index (Phi) is 5.82. The number of aryl methyl sites for hydroxylation is 2. The molecule has 2 heterocycles. The molecule has 0 aliphatic heterocycles. The molecule has 1 aromatic carbocycles. The van der Waals surface area contributed by atoms with E-state index >= 15 is 0 Å². The maximum absolute atomic E-state index is 12.9. The van der Waals surface area contributed by atoms with Crippen molar-refractivity contribution in [3.8, 4) is 5.75 Å². The van der Waals surface area contributed by atoms with Gasteiger partial charge >= 0.3 is 0 Å². The lowest BCUT2D eigenvalue weighted by atomic mass is 10.0. The molecule has 0 saturated carbocycles. The van der Waals surface area contributed by atoms with Crippen molar-refractivity contribution >= 4 is 5.91 Å². The molecule has 6 nitrogen and oxygen atoms in total. The summed E-state index contributed by atoms with van der Waals surface area (Å²) in [5.74, 6) is 0.639. The Morgan fingerprint density at radius 3 is 2.57 bits per heavy atom. The maximum atomic E-state index is 12.9. The van der Waals surface area contributed by atoms with Gasteiger partial charge in [0.15, 0.2) is 5.76 Å². The highest BCUT2D eigenvalue weighted by Gasteiger charge is 2.22. The molecule has 0 aliphatic carbocycles. The topological polar surface area (TPSA) is 69.3 Å². The molecule has 7 heteroatoms. The van der Waals surface area contributed by atoms with Crippen molar-refractivity contribution in [1.82, 2.24) is 15.1 Å². The van der Waals surface area contributed by atoms with Crippen LogP contribution in [-0.4, -0.2) is 15.7 Å². The number of halogens is 1. The van der Waals surface area contributed by atoms with E-state index in [2.05, 4.69) is 10.4 Å². The molecule has 0 aliphatic rings. The smallest absolute Gasteiger partial charge is 0.287 e. The average Bonchev–Trinajstić information content (AvgIpc) is 3.24. The van der Waals surface area contributed by atoms with E-state index in [-0.39, 0.29) is 30.1 Å². The minimum atomic E-state index is -0.325. The Labute approximate surface area is 163 Å². The number of carbonyl (C=O) groups excluding carboxylic acids is 1. The van der Waals surface area contributed by atoms with E-state index in [1.165, 1.54) is 24.3 Å². The van der Waals surface area contributed by atoms with Crippen LogP contribution in [-0.2, 0) is 13.7 Å². The van der Waals surface area contributed by atoms with Gasteiger partial charge in [-0.15, -0.1) is 0 Å². The zero-order valence-electron chi connectivity index (χ0n) is 16.5. The van der Waals surface area contributed by atoms with Gasteiger partial charge in [0, 0.05) is 18.3 Å². The van der Waals surface area contributed by atoms with Crippen LogP contribution >= 0.6 is 0 Å². The van der Waals surface area contributed by atoms with Crippen molar-refractivity contribution < 1.29 is 18.3 Å². The van der Waals surface area contributed by atoms with Crippen LogP contribution in [0.3, 0.4) is 0 Å². The Hall–Kier alpha value is -3.09. The van der Waals surface area contributed by atoms with Gasteiger partial charge in [0.05, 0.1) is 11.7 Å². The second-order valence-electron chi connectivity index (χ2n) is 6.65. The number of hydrogen-bond acceptors (Lipinski definition) is 4. The van der Waals surface area contributed by atoms with Crippen LogP contribution in [0.5, 0.6) is 5.75 Å². The zero-order valence-corrected chi connectivity index (χ0v) is 16.5. The van der Waals surface area contributed by atoms with Crippen molar-refractivity contribution in [1.29, 1.82) is 0 Å². The maximum Gasteiger partial charge on any atom is 0.287 e. The standard InChI is InChI=1S/C21H24FN3O3/c1-5-18(20-13(2)24-25(4)14(20)3)23-21(26)19-11-10-17(28-19)12-27-16-8-6-15(22)7-9-16/h6-11,18H,5,12H2,1-4H3,(H,23,26). The number of amides is 1.